The van der Waals surface area contributed by atoms with Crippen LogP contribution in [0.3, 0.4) is 0 Å². The highest BCUT2D eigenvalue weighted by Gasteiger charge is 2.37. The van der Waals surface area contributed by atoms with Crippen LogP contribution < -0.4 is 4.72 Å². The van der Waals surface area contributed by atoms with Crippen molar-refractivity contribution in [2.24, 2.45) is 5.92 Å². The molecule has 4 nitrogen and oxygen atoms in total. The van der Waals surface area contributed by atoms with E-state index in [0.29, 0.717) is 25.7 Å². The first kappa shape index (κ1) is 16.5. The Balaban J connectivity index is 2.26. The zero-order valence-corrected chi connectivity index (χ0v) is 12.4. The zero-order chi connectivity index (χ0) is 15.7. The van der Waals surface area contributed by atoms with Gasteiger partial charge in [-0.15, -0.1) is 0 Å². The Morgan fingerprint density at radius 1 is 1.38 bits per heavy atom. The number of halogens is 4. The third-order valence-electron chi connectivity index (χ3n) is 3.12. The van der Waals surface area contributed by atoms with Gasteiger partial charge >= 0.3 is 6.18 Å². The molecule has 0 bridgehead atoms. The van der Waals surface area contributed by atoms with Gasteiger partial charge in [-0.3, -0.25) is 0 Å². The van der Waals surface area contributed by atoms with E-state index in [1.54, 1.807) is 0 Å². The van der Waals surface area contributed by atoms with Crippen LogP contribution in [-0.4, -0.2) is 28.2 Å². The fraction of sp³-hybridized carbons (Fsp3) is 0.500. The van der Waals surface area contributed by atoms with Crippen molar-refractivity contribution in [3.8, 4) is 0 Å². The molecule has 0 aromatic heterocycles. The summed E-state index contributed by atoms with van der Waals surface area (Å²) in [4.78, 5) is -0.821. The largest absolute Gasteiger partial charge is 0.417 e. The molecule has 1 aliphatic heterocycles. The van der Waals surface area contributed by atoms with Crippen molar-refractivity contribution >= 4 is 21.6 Å². The molecule has 0 radical (unpaired) electrons. The topological polar surface area (TPSA) is 55.4 Å². The first-order chi connectivity index (χ1) is 9.70. The van der Waals surface area contributed by atoms with E-state index in [2.05, 4.69) is 4.72 Å². The van der Waals surface area contributed by atoms with Crippen molar-refractivity contribution in [1.29, 1.82) is 0 Å². The lowest BCUT2D eigenvalue weighted by Gasteiger charge is -2.15. The Kier molecular flexibility index (Phi) is 4.82. The predicted molar refractivity (Wildman–Crippen MR) is 70.6 cm³/mol. The lowest BCUT2D eigenvalue weighted by molar-refractivity contribution is -0.139. The van der Waals surface area contributed by atoms with E-state index in [1.807, 2.05) is 0 Å². The number of rotatable bonds is 4. The summed E-state index contributed by atoms with van der Waals surface area (Å²) in [5.74, 6) is -0.0265. The van der Waals surface area contributed by atoms with Crippen molar-refractivity contribution < 1.29 is 26.3 Å². The molecule has 0 spiro atoms. The maximum Gasteiger partial charge on any atom is 0.417 e. The summed E-state index contributed by atoms with van der Waals surface area (Å²) in [6.45, 7) is 0.971. The fourth-order valence-corrected chi connectivity index (χ4v) is 3.50. The molecule has 0 aliphatic carbocycles. The van der Waals surface area contributed by atoms with Gasteiger partial charge < -0.3 is 4.74 Å². The van der Waals surface area contributed by atoms with Crippen LogP contribution in [0.25, 0.3) is 0 Å². The number of hydrogen-bond acceptors (Lipinski definition) is 3. The summed E-state index contributed by atoms with van der Waals surface area (Å²) >= 11 is 5.52. The molecule has 1 aromatic carbocycles. The van der Waals surface area contributed by atoms with E-state index < -0.39 is 26.7 Å². The number of alkyl halides is 3. The second-order valence-electron chi connectivity index (χ2n) is 4.72. The summed E-state index contributed by atoms with van der Waals surface area (Å²) in [6.07, 6.45) is -4.12. The SMILES string of the molecule is O=S(=O)(NC[C@@H]1CCOC1)c1ccc(Cl)cc1C(F)(F)F. The minimum absolute atomic E-state index is 0.0265. The minimum Gasteiger partial charge on any atom is -0.381 e. The summed E-state index contributed by atoms with van der Waals surface area (Å²) in [7, 11) is -4.26. The highest BCUT2D eigenvalue weighted by molar-refractivity contribution is 7.89. The molecule has 21 heavy (non-hydrogen) atoms. The Labute approximate surface area is 125 Å². The Hall–Kier alpha value is -0.830. The van der Waals surface area contributed by atoms with Crippen molar-refractivity contribution in [2.75, 3.05) is 19.8 Å². The highest BCUT2D eigenvalue weighted by Crippen LogP contribution is 2.35. The van der Waals surface area contributed by atoms with Crippen molar-refractivity contribution in [3.63, 3.8) is 0 Å². The summed E-state index contributed by atoms with van der Waals surface area (Å²) in [5.41, 5.74) is -1.27. The molecule has 0 amide bonds. The molecule has 1 heterocycles. The molecule has 118 valence electrons. The van der Waals surface area contributed by atoms with Gasteiger partial charge in [0.2, 0.25) is 10.0 Å². The first-order valence-corrected chi connectivity index (χ1v) is 8.00. The average Bonchev–Trinajstić information content (AvgIpc) is 2.88. The standard InChI is InChI=1S/C12H13ClF3NO3S/c13-9-1-2-11(10(5-9)12(14,15)16)21(18,19)17-6-8-3-4-20-7-8/h1-2,5,8,17H,3-4,6-7H2/t8-/m0/s1. The minimum atomic E-state index is -4.80. The molecule has 9 heteroatoms. The first-order valence-electron chi connectivity index (χ1n) is 6.14. The highest BCUT2D eigenvalue weighted by atomic mass is 35.5. The number of sulfonamides is 1. The maximum atomic E-state index is 12.9. The van der Waals surface area contributed by atoms with Crippen molar-refractivity contribution in [3.05, 3.63) is 28.8 Å². The lowest BCUT2D eigenvalue weighted by Crippen LogP contribution is -2.31. The quantitative estimate of drug-likeness (QED) is 0.914. The predicted octanol–water partition coefficient (Wildman–Crippen LogP) is 2.67. The van der Waals surface area contributed by atoms with Crippen molar-refractivity contribution in [2.45, 2.75) is 17.5 Å². The maximum absolute atomic E-state index is 12.9. The van der Waals surface area contributed by atoms with E-state index in [9.17, 15) is 21.6 Å². The van der Waals surface area contributed by atoms with Crippen LogP contribution in [0.2, 0.25) is 5.02 Å². The molecule has 1 N–H and O–H groups in total. The number of nitrogens with one attached hydrogen (secondary N) is 1. The van der Waals surface area contributed by atoms with Gasteiger partial charge in [-0.2, -0.15) is 13.2 Å². The van der Waals surface area contributed by atoms with Gasteiger partial charge in [0, 0.05) is 18.2 Å². The van der Waals surface area contributed by atoms with E-state index in [1.165, 1.54) is 0 Å². The lowest BCUT2D eigenvalue weighted by atomic mass is 10.1. The molecule has 0 saturated carbocycles. The molecular weight excluding hydrogens is 331 g/mol. The summed E-state index contributed by atoms with van der Waals surface area (Å²) in [6, 6.07) is 2.58. The molecular formula is C12H13ClF3NO3S. The van der Waals surface area contributed by atoms with Crippen LogP contribution in [0.15, 0.2) is 23.1 Å². The fourth-order valence-electron chi connectivity index (χ4n) is 2.01. The molecule has 1 saturated heterocycles. The molecule has 1 aromatic rings. The van der Waals surface area contributed by atoms with E-state index >= 15 is 0 Å². The molecule has 0 unspecified atom stereocenters. The van der Waals surface area contributed by atoms with E-state index in [-0.39, 0.29) is 17.5 Å². The Morgan fingerprint density at radius 2 is 2.10 bits per heavy atom. The molecule has 1 aliphatic rings. The normalized spacial score (nSPS) is 19.9. The van der Waals surface area contributed by atoms with Gasteiger partial charge in [0.25, 0.3) is 0 Å². The van der Waals surface area contributed by atoms with Crippen LogP contribution in [0.4, 0.5) is 13.2 Å². The van der Waals surface area contributed by atoms with Gasteiger partial charge in [0.05, 0.1) is 17.1 Å². The third kappa shape index (κ3) is 4.09. The monoisotopic (exact) mass is 343 g/mol. The van der Waals surface area contributed by atoms with Gasteiger partial charge in [0.15, 0.2) is 0 Å². The second-order valence-corrected chi connectivity index (χ2v) is 6.89. The number of hydrogen-bond donors (Lipinski definition) is 1. The zero-order valence-electron chi connectivity index (χ0n) is 10.8. The van der Waals surface area contributed by atoms with Crippen LogP contribution in [0.1, 0.15) is 12.0 Å². The van der Waals surface area contributed by atoms with Gasteiger partial charge in [-0.05, 0) is 30.5 Å². The number of ether oxygens (including phenoxy) is 1. The van der Waals surface area contributed by atoms with Crippen LogP contribution >= 0.6 is 11.6 Å². The van der Waals surface area contributed by atoms with Gasteiger partial charge in [-0.25, -0.2) is 13.1 Å². The average molecular weight is 344 g/mol. The smallest absolute Gasteiger partial charge is 0.381 e. The van der Waals surface area contributed by atoms with Gasteiger partial charge in [-0.1, -0.05) is 11.6 Å². The molecule has 1 fully saturated rings. The molecule has 2 rings (SSSR count). The molecule has 1 atom stereocenters. The third-order valence-corrected chi connectivity index (χ3v) is 4.84. The summed E-state index contributed by atoms with van der Waals surface area (Å²) < 4.78 is 70.2. The second kappa shape index (κ2) is 6.12. The Morgan fingerprint density at radius 3 is 2.67 bits per heavy atom. The van der Waals surface area contributed by atoms with Gasteiger partial charge in [0.1, 0.15) is 0 Å². The van der Waals surface area contributed by atoms with Crippen molar-refractivity contribution in [1.82, 2.24) is 4.72 Å². The van der Waals surface area contributed by atoms with Crippen LogP contribution in [0.5, 0.6) is 0 Å². The van der Waals surface area contributed by atoms with Crippen LogP contribution in [-0.2, 0) is 20.9 Å². The summed E-state index contributed by atoms with van der Waals surface area (Å²) in [5, 5.41) is -0.175. The number of benzene rings is 1. The van der Waals surface area contributed by atoms with E-state index in [4.69, 9.17) is 16.3 Å². The Bertz CT molecular complexity index is 613. The van der Waals surface area contributed by atoms with E-state index in [0.717, 1.165) is 12.1 Å². The van der Waals surface area contributed by atoms with Crippen LogP contribution in [0, 0.1) is 5.92 Å².